The minimum atomic E-state index is -4.25. The summed E-state index contributed by atoms with van der Waals surface area (Å²) < 4.78 is 39.2. The smallest absolute Gasteiger partial charge is 0.330 e. The summed E-state index contributed by atoms with van der Waals surface area (Å²) in [4.78, 5) is 28.5. The molecule has 1 heterocycles. The summed E-state index contributed by atoms with van der Waals surface area (Å²) >= 11 is 0. The largest absolute Gasteiger partial charge is 0.393 e. The molecule has 0 bridgehead atoms. The molecule has 1 fully saturated rings. The highest BCUT2D eigenvalue weighted by molar-refractivity contribution is 5.95. The van der Waals surface area contributed by atoms with Gasteiger partial charge in [-0.25, -0.2) is 0 Å². The number of carbonyl (C=O) groups is 2. The zero-order valence-corrected chi connectivity index (χ0v) is 18.2. The second-order valence-electron chi connectivity index (χ2n) is 8.19. The highest BCUT2D eigenvalue weighted by Gasteiger charge is 2.42. The van der Waals surface area contributed by atoms with Crippen molar-refractivity contribution in [2.45, 2.75) is 59.2 Å². The minimum Gasteiger partial charge on any atom is -0.330 e. The first kappa shape index (κ1) is 24.2. The van der Waals surface area contributed by atoms with E-state index in [1.807, 2.05) is 39.8 Å². The number of hydrogen-bond donors (Lipinski definition) is 1. The predicted octanol–water partition coefficient (Wildman–Crippen LogP) is 4.14. The molecule has 0 aliphatic carbocycles. The van der Waals surface area contributed by atoms with Crippen molar-refractivity contribution in [3.8, 4) is 0 Å². The normalized spacial score (nSPS) is 18.7. The maximum Gasteiger partial charge on any atom is 0.393 e. The lowest BCUT2D eigenvalue weighted by Gasteiger charge is -2.35. The van der Waals surface area contributed by atoms with E-state index >= 15 is 0 Å². The molecule has 0 spiro atoms. The fraction of sp³-hybridized carbons (Fsp3) is 0.636. The minimum absolute atomic E-state index is 0.0987. The van der Waals surface area contributed by atoms with Gasteiger partial charge in [-0.05, 0) is 63.8 Å². The van der Waals surface area contributed by atoms with Crippen LogP contribution in [-0.2, 0) is 9.59 Å². The zero-order chi connectivity index (χ0) is 22.5. The van der Waals surface area contributed by atoms with Gasteiger partial charge in [-0.1, -0.05) is 19.1 Å². The fourth-order valence-corrected chi connectivity index (χ4v) is 3.69. The van der Waals surface area contributed by atoms with E-state index in [1.54, 1.807) is 11.0 Å². The highest BCUT2D eigenvalue weighted by Crippen LogP contribution is 2.33. The van der Waals surface area contributed by atoms with Crippen molar-refractivity contribution < 1.29 is 22.8 Å². The Balaban J connectivity index is 2.03. The molecule has 1 aromatic carbocycles. The molecule has 1 aliphatic heterocycles. The third-order valence-electron chi connectivity index (χ3n) is 5.96. The average molecular weight is 428 g/mol. The molecule has 0 saturated carbocycles. The van der Waals surface area contributed by atoms with Crippen LogP contribution in [0.25, 0.3) is 0 Å². The Hall–Kier alpha value is -2.09. The molecule has 2 atom stereocenters. The number of piperidine rings is 1. The highest BCUT2D eigenvalue weighted by atomic mass is 19.4. The van der Waals surface area contributed by atoms with Gasteiger partial charge in [0.1, 0.15) is 6.54 Å². The van der Waals surface area contributed by atoms with E-state index in [0.29, 0.717) is 25.1 Å². The van der Waals surface area contributed by atoms with E-state index < -0.39 is 12.1 Å². The molecule has 1 aliphatic rings. The summed E-state index contributed by atoms with van der Waals surface area (Å²) in [6.07, 6.45) is -3.09. The van der Waals surface area contributed by atoms with Crippen molar-refractivity contribution in [1.82, 2.24) is 9.80 Å². The van der Waals surface area contributed by atoms with Crippen LogP contribution in [-0.4, -0.2) is 60.0 Å². The third kappa shape index (κ3) is 6.45. The van der Waals surface area contributed by atoms with Gasteiger partial charge in [-0.3, -0.25) is 14.5 Å². The number of alkyl halides is 3. The first-order chi connectivity index (χ1) is 14.0. The Bertz CT molecular complexity index is 752. The third-order valence-corrected chi connectivity index (χ3v) is 5.96. The van der Waals surface area contributed by atoms with Gasteiger partial charge in [0.15, 0.2) is 0 Å². The molecule has 30 heavy (non-hydrogen) atoms. The molecule has 2 rings (SSSR count). The van der Waals surface area contributed by atoms with Gasteiger partial charge in [0, 0.05) is 18.3 Å². The lowest BCUT2D eigenvalue weighted by Crippen LogP contribution is -2.50. The van der Waals surface area contributed by atoms with Crippen LogP contribution in [0.2, 0.25) is 0 Å². The van der Waals surface area contributed by atoms with Crippen molar-refractivity contribution in [3.63, 3.8) is 0 Å². The van der Waals surface area contributed by atoms with Crippen LogP contribution in [0.15, 0.2) is 18.2 Å². The van der Waals surface area contributed by atoms with E-state index in [0.717, 1.165) is 11.1 Å². The molecule has 2 amide bonds. The number of amides is 2. The van der Waals surface area contributed by atoms with Gasteiger partial charge in [-0.15, -0.1) is 0 Å². The molecule has 168 valence electrons. The Morgan fingerprint density at radius 2 is 2.00 bits per heavy atom. The summed E-state index contributed by atoms with van der Waals surface area (Å²) in [7, 11) is 0. The predicted molar refractivity (Wildman–Crippen MR) is 111 cm³/mol. The van der Waals surface area contributed by atoms with Crippen LogP contribution in [0.5, 0.6) is 0 Å². The summed E-state index contributed by atoms with van der Waals surface area (Å²) in [5.74, 6) is -2.03. The second kappa shape index (κ2) is 10.3. The van der Waals surface area contributed by atoms with Gasteiger partial charge in [0.25, 0.3) is 0 Å². The van der Waals surface area contributed by atoms with E-state index in [9.17, 15) is 22.8 Å². The van der Waals surface area contributed by atoms with Gasteiger partial charge < -0.3 is 10.2 Å². The molecule has 0 radical (unpaired) electrons. The Morgan fingerprint density at radius 1 is 1.30 bits per heavy atom. The number of likely N-dealkylation sites (tertiary alicyclic amines) is 1. The number of benzene rings is 1. The number of aryl methyl sites for hydroxylation is 1. The van der Waals surface area contributed by atoms with Crippen LogP contribution < -0.4 is 5.32 Å². The molecule has 0 unspecified atom stereocenters. The van der Waals surface area contributed by atoms with Crippen LogP contribution in [0.3, 0.4) is 0 Å². The van der Waals surface area contributed by atoms with Crippen molar-refractivity contribution in [1.29, 1.82) is 0 Å². The molecule has 8 heteroatoms. The molecular formula is C22H32F3N3O2. The van der Waals surface area contributed by atoms with Gasteiger partial charge in [0.05, 0.1) is 12.5 Å². The van der Waals surface area contributed by atoms with Crippen LogP contribution >= 0.6 is 0 Å². The summed E-state index contributed by atoms with van der Waals surface area (Å²) in [6, 6.07) is 5.42. The molecule has 0 aromatic heterocycles. The van der Waals surface area contributed by atoms with Gasteiger partial charge >= 0.3 is 6.18 Å². The number of nitrogens with zero attached hydrogens (tertiary/aromatic N) is 2. The average Bonchev–Trinajstić information content (AvgIpc) is 2.68. The van der Waals surface area contributed by atoms with E-state index in [1.165, 1.54) is 4.90 Å². The fourth-order valence-electron chi connectivity index (χ4n) is 3.69. The lowest BCUT2D eigenvalue weighted by atomic mass is 9.97. The molecule has 1 saturated heterocycles. The van der Waals surface area contributed by atoms with E-state index in [-0.39, 0.29) is 43.9 Å². The maximum absolute atomic E-state index is 13.1. The quantitative estimate of drug-likeness (QED) is 0.712. The van der Waals surface area contributed by atoms with Crippen LogP contribution in [0.1, 0.15) is 44.2 Å². The van der Waals surface area contributed by atoms with Gasteiger partial charge in [0.2, 0.25) is 11.8 Å². The maximum atomic E-state index is 13.1. The van der Waals surface area contributed by atoms with Crippen LogP contribution in [0.4, 0.5) is 18.9 Å². The summed E-state index contributed by atoms with van der Waals surface area (Å²) in [5.41, 5.74) is 2.70. The number of rotatable bonds is 7. The summed E-state index contributed by atoms with van der Waals surface area (Å²) in [5, 5.41) is 2.85. The number of hydrogen-bond acceptors (Lipinski definition) is 3. The molecular weight excluding hydrogens is 395 g/mol. The van der Waals surface area contributed by atoms with Gasteiger partial charge in [-0.2, -0.15) is 13.2 Å². The van der Waals surface area contributed by atoms with Crippen LogP contribution in [0, 0.1) is 19.8 Å². The van der Waals surface area contributed by atoms with Crippen molar-refractivity contribution >= 4 is 17.5 Å². The van der Waals surface area contributed by atoms with Crippen molar-refractivity contribution in [2.75, 3.05) is 31.5 Å². The molecule has 1 N–H and O–H groups in total. The van der Waals surface area contributed by atoms with E-state index in [4.69, 9.17) is 0 Å². The molecule has 1 aromatic rings. The van der Waals surface area contributed by atoms with Crippen molar-refractivity contribution in [2.24, 2.45) is 5.92 Å². The lowest BCUT2D eigenvalue weighted by molar-refractivity contribution is -0.187. The summed E-state index contributed by atoms with van der Waals surface area (Å²) in [6.45, 7) is 7.68. The SMILES string of the molecule is CC[C@H](C)N(CC(=O)Nc1cccc(C)c1C)C(=O)CN1CCC[C@@H](C(F)(F)F)C1. The second-order valence-corrected chi connectivity index (χ2v) is 8.19. The van der Waals surface area contributed by atoms with E-state index in [2.05, 4.69) is 5.32 Å². The van der Waals surface area contributed by atoms with Crippen molar-refractivity contribution in [3.05, 3.63) is 29.3 Å². The number of anilines is 1. The monoisotopic (exact) mass is 427 g/mol. The Kier molecular flexibility index (Phi) is 8.29. The molecule has 5 nitrogen and oxygen atoms in total. The number of carbonyl (C=O) groups excluding carboxylic acids is 2. The zero-order valence-electron chi connectivity index (χ0n) is 18.2. The number of nitrogens with one attached hydrogen (secondary N) is 1. The Morgan fingerprint density at radius 3 is 2.63 bits per heavy atom. The standard InChI is InChI=1S/C22H32F3N3O2/c1-5-16(3)28(13-20(29)26-19-10-6-8-15(2)17(19)4)21(30)14-27-11-7-9-18(12-27)22(23,24)25/h6,8,10,16,18H,5,7,9,11-14H2,1-4H3,(H,26,29)/t16-,18+/m0/s1. The first-order valence-corrected chi connectivity index (χ1v) is 10.5. The Labute approximate surface area is 176 Å². The number of halogens is 3. The first-order valence-electron chi connectivity index (χ1n) is 10.5. The topological polar surface area (TPSA) is 52.7 Å².